The molecule has 1 aliphatic heterocycles. The summed E-state index contributed by atoms with van der Waals surface area (Å²) >= 11 is 0. The van der Waals surface area contributed by atoms with Crippen LogP contribution in [0.2, 0.25) is 0 Å². The van der Waals surface area contributed by atoms with Gasteiger partial charge in [-0.05, 0) is 25.7 Å². The number of carbonyl (C=O) groups excluding carboxylic acids is 2. The first-order valence-electron chi connectivity index (χ1n) is 5.74. The Hall–Kier alpha value is -1.14. The fourth-order valence-electron chi connectivity index (χ4n) is 2.68. The van der Waals surface area contributed by atoms with Crippen LogP contribution < -0.4 is 10.6 Å². The van der Waals surface area contributed by atoms with Crippen LogP contribution in [0.3, 0.4) is 0 Å². The van der Waals surface area contributed by atoms with E-state index in [-0.39, 0.29) is 11.5 Å². The number of hydrogen-bond donors (Lipinski definition) is 2. The molecule has 96 valence electrons. The van der Waals surface area contributed by atoms with E-state index in [1.54, 1.807) is 14.2 Å². The lowest BCUT2D eigenvalue weighted by atomic mass is 9.74. The van der Waals surface area contributed by atoms with E-state index in [0.29, 0.717) is 32.3 Å². The summed E-state index contributed by atoms with van der Waals surface area (Å²) < 4.78 is 10.7. The zero-order chi connectivity index (χ0) is 12.5. The van der Waals surface area contributed by atoms with Gasteiger partial charge in [-0.2, -0.15) is 0 Å². The van der Waals surface area contributed by atoms with Crippen LogP contribution in [-0.2, 0) is 14.3 Å². The molecule has 2 fully saturated rings. The van der Waals surface area contributed by atoms with E-state index in [4.69, 9.17) is 9.47 Å². The van der Waals surface area contributed by atoms with Crippen LogP contribution in [0.4, 0.5) is 4.79 Å². The molecule has 0 atom stereocenters. The summed E-state index contributed by atoms with van der Waals surface area (Å²) in [7, 11) is 3.29. The number of rotatable bonds is 3. The van der Waals surface area contributed by atoms with Crippen molar-refractivity contribution >= 4 is 11.9 Å². The normalized spacial score (nSPS) is 37.1. The van der Waals surface area contributed by atoms with Crippen molar-refractivity contribution in [2.75, 3.05) is 20.8 Å². The molecule has 0 aromatic carbocycles. The summed E-state index contributed by atoms with van der Waals surface area (Å²) in [5.74, 6) is -0.218. The highest BCUT2D eigenvalue weighted by Gasteiger charge is 2.51. The van der Waals surface area contributed by atoms with Crippen molar-refractivity contribution < 1.29 is 19.1 Å². The van der Waals surface area contributed by atoms with Crippen molar-refractivity contribution in [3.63, 3.8) is 0 Å². The van der Waals surface area contributed by atoms with Crippen LogP contribution in [0.15, 0.2) is 0 Å². The van der Waals surface area contributed by atoms with E-state index < -0.39 is 11.6 Å². The summed E-state index contributed by atoms with van der Waals surface area (Å²) in [6.07, 6.45) is 2.57. The lowest BCUT2D eigenvalue weighted by Crippen LogP contribution is -2.54. The predicted octanol–water partition coefficient (Wildman–Crippen LogP) is 0.170. The number of carbonyl (C=O) groups is 2. The summed E-state index contributed by atoms with van der Waals surface area (Å²) in [6.45, 7) is 0.509. The van der Waals surface area contributed by atoms with Gasteiger partial charge >= 0.3 is 6.03 Å². The highest BCUT2D eigenvalue weighted by molar-refractivity contribution is 6.07. The molecule has 1 heterocycles. The second-order valence-electron chi connectivity index (χ2n) is 4.81. The zero-order valence-corrected chi connectivity index (χ0v) is 10.2. The molecule has 6 nitrogen and oxygen atoms in total. The fraction of sp³-hybridized carbons (Fsp3) is 0.818. The van der Waals surface area contributed by atoms with E-state index >= 15 is 0 Å². The molecule has 2 aliphatic rings. The number of imide groups is 1. The largest absolute Gasteiger partial charge is 0.382 e. The summed E-state index contributed by atoms with van der Waals surface area (Å²) in [4.78, 5) is 22.9. The number of methoxy groups -OCH3 is 2. The molecule has 2 rings (SSSR count). The average Bonchev–Trinajstić information content (AvgIpc) is 2.58. The van der Waals surface area contributed by atoms with E-state index in [9.17, 15) is 9.59 Å². The molecule has 3 amide bonds. The molecule has 1 spiro atoms. The molecule has 2 N–H and O–H groups in total. The maximum Gasteiger partial charge on any atom is 0.322 e. The molecule has 0 aromatic rings. The SMILES string of the molecule is COCC1(OC)CCC2(CC1)NC(=O)NC2=O. The Morgan fingerprint density at radius 3 is 2.24 bits per heavy atom. The molecule has 0 radical (unpaired) electrons. The van der Waals surface area contributed by atoms with Gasteiger partial charge in [-0.3, -0.25) is 10.1 Å². The minimum atomic E-state index is -0.729. The third kappa shape index (κ3) is 2.02. The maximum atomic E-state index is 11.8. The third-order valence-electron chi connectivity index (χ3n) is 3.87. The second-order valence-corrected chi connectivity index (χ2v) is 4.81. The first-order chi connectivity index (χ1) is 8.06. The van der Waals surface area contributed by atoms with Gasteiger partial charge in [0.25, 0.3) is 5.91 Å². The Labute approximate surface area is 100 Å². The minimum Gasteiger partial charge on any atom is -0.382 e. The summed E-state index contributed by atoms with van der Waals surface area (Å²) in [5.41, 5.74) is -1.06. The number of nitrogens with one attached hydrogen (secondary N) is 2. The molecule has 1 saturated heterocycles. The van der Waals surface area contributed by atoms with Crippen LogP contribution in [0.5, 0.6) is 0 Å². The molecule has 0 aromatic heterocycles. The van der Waals surface area contributed by atoms with Gasteiger partial charge in [0, 0.05) is 14.2 Å². The standard InChI is InChI=1S/C11H18N2O4/c1-16-7-10(17-2)3-5-11(6-4-10)8(14)12-9(15)13-11/h3-7H2,1-2H3,(H2,12,13,14,15). The smallest absolute Gasteiger partial charge is 0.322 e. The lowest BCUT2D eigenvalue weighted by molar-refractivity contribution is -0.131. The monoisotopic (exact) mass is 242 g/mol. The lowest BCUT2D eigenvalue weighted by Gasteiger charge is -2.41. The van der Waals surface area contributed by atoms with Crippen LogP contribution in [-0.4, -0.2) is 43.9 Å². The van der Waals surface area contributed by atoms with Gasteiger partial charge in [-0.25, -0.2) is 4.79 Å². The van der Waals surface area contributed by atoms with Crippen LogP contribution in [0.25, 0.3) is 0 Å². The van der Waals surface area contributed by atoms with E-state index in [1.807, 2.05) is 0 Å². The highest BCUT2D eigenvalue weighted by Crippen LogP contribution is 2.38. The van der Waals surface area contributed by atoms with Crippen LogP contribution >= 0.6 is 0 Å². The fourth-order valence-corrected chi connectivity index (χ4v) is 2.68. The summed E-state index contributed by atoms with van der Waals surface area (Å²) in [6, 6.07) is -0.397. The number of urea groups is 1. The van der Waals surface area contributed by atoms with Gasteiger partial charge in [-0.1, -0.05) is 0 Å². The Morgan fingerprint density at radius 2 is 1.82 bits per heavy atom. The second kappa shape index (κ2) is 4.27. The van der Waals surface area contributed by atoms with Crippen molar-refractivity contribution in [2.45, 2.75) is 36.8 Å². The van der Waals surface area contributed by atoms with Crippen molar-refractivity contribution in [2.24, 2.45) is 0 Å². The topological polar surface area (TPSA) is 76.7 Å². The summed E-state index contributed by atoms with van der Waals surface area (Å²) in [5, 5.41) is 5.02. The average molecular weight is 242 g/mol. The van der Waals surface area contributed by atoms with Gasteiger partial charge in [0.2, 0.25) is 0 Å². The molecular formula is C11H18N2O4. The Bertz CT molecular complexity index is 334. The Balaban J connectivity index is 2.06. The number of amides is 3. The number of hydrogen-bond acceptors (Lipinski definition) is 4. The molecule has 1 saturated carbocycles. The first kappa shape index (κ1) is 12.3. The van der Waals surface area contributed by atoms with Crippen molar-refractivity contribution in [1.29, 1.82) is 0 Å². The first-order valence-corrected chi connectivity index (χ1v) is 5.74. The predicted molar refractivity (Wildman–Crippen MR) is 59.5 cm³/mol. The van der Waals surface area contributed by atoms with Gasteiger partial charge in [0.05, 0.1) is 12.2 Å². The van der Waals surface area contributed by atoms with E-state index in [2.05, 4.69) is 10.6 Å². The van der Waals surface area contributed by atoms with Crippen molar-refractivity contribution in [3.8, 4) is 0 Å². The van der Waals surface area contributed by atoms with Gasteiger partial charge < -0.3 is 14.8 Å². The van der Waals surface area contributed by atoms with Gasteiger partial charge in [0.15, 0.2) is 0 Å². The Kier molecular flexibility index (Phi) is 3.09. The third-order valence-corrected chi connectivity index (χ3v) is 3.87. The maximum absolute atomic E-state index is 11.8. The number of ether oxygens (including phenoxy) is 2. The molecule has 1 aliphatic carbocycles. The molecular weight excluding hydrogens is 224 g/mol. The molecule has 0 bridgehead atoms. The van der Waals surface area contributed by atoms with Crippen LogP contribution in [0.1, 0.15) is 25.7 Å². The molecule has 6 heteroatoms. The molecule has 0 unspecified atom stereocenters. The van der Waals surface area contributed by atoms with E-state index in [1.165, 1.54) is 0 Å². The quantitative estimate of drug-likeness (QED) is 0.692. The molecule has 17 heavy (non-hydrogen) atoms. The van der Waals surface area contributed by atoms with Crippen LogP contribution in [0, 0.1) is 0 Å². The van der Waals surface area contributed by atoms with Gasteiger partial charge in [0.1, 0.15) is 5.54 Å². The van der Waals surface area contributed by atoms with Gasteiger partial charge in [-0.15, -0.1) is 0 Å². The van der Waals surface area contributed by atoms with Crippen molar-refractivity contribution in [1.82, 2.24) is 10.6 Å². The minimum absolute atomic E-state index is 0.218. The Morgan fingerprint density at radius 1 is 1.18 bits per heavy atom. The highest BCUT2D eigenvalue weighted by atomic mass is 16.5. The van der Waals surface area contributed by atoms with Crippen molar-refractivity contribution in [3.05, 3.63) is 0 Å². The zero-order valence-electron chi connectivity index (χ0n) is 10.2. The van der Waals surface area contributed by atoms with E-state index in [0.717, 1.165) is 0 Å².